The van der Waals surface area contributed by atoms with Crippen LogP contribution in [0.2, 0.25) is 5.02 Å². The molecular weight excluding hydrogens is 536 g/mol. The Kier molecular flexibility index (Phi) is 11.5. The van der Waals surface area contributed by atoms with Gasteiger partial charge in [0.2, 0.25) is 0 Å². The highest BCUT2D eigenvalue weighted by Gasteiger charge is 2.38. The van der Waals surface area contributed by atoms with E-state index in [-0.39, 0.29) is 5.91 Å². The number of anilines is 1. The maximum Gasteiger partial charge on any atom is 0.490 e. The van der Waals surface area contributed by atoms with Gasteiger partial charge in [-0.1, -0.05) is 29.8 Å². The van der Waals surface area contributed by atoms with Gasteiger partial charge in [0.25, 0.3) is 5.91 Å². The van der Waals surface area contributed by atoms with Crippen LogP contribution in [0.15, 0.2) is 73.1 Å². The lowest BCUT2D eigenvalue weighted by Crippen LogP contribution is -2.31. The minimum atomic E-state index is -5.08. The van der Waals surface area contributed by atoms with Gasteiger partial charge in [0.1, 0.15) is 5.69 Å². The zero-order chi connectivity index (χ0) is 28.2. The first-order valence-corrected chi connectivity index (χ1v) is 9.99. The summed E-state index contributed by atoms with van der Waals surface area (Å²) in [6.07, 6.45) is -6.86. The quantitative estimate of drug-likeness (QED) is 0.425. The van der Waals surface area contributed by atoms with Crippen molar-refractivity contribution in [1.82, 2.24) is 9.97 Å². The predicted octanol–water partition coefficient (Wildman–Crippen LogP) is 5.24. The molecule has 0 unspecified atom stereocenters. The number of carbonyl (C=O) groups is 3. The zero-order valence-electron chi connectivity index (χ0n) is 18.2. The minimum absolute atomic E-state index is 0.196. The Morgan fingerprint density at radius 2 is 1.30 bits per heavy atom. The van der Waals surface area contributed by atoms with Crippen LogP contribution in [0.1, 0.15) is 16.2 Å². The van der Waals surface area contributed by atoms with Gasteiger partial charge in [0.15, 0.2) is 0 Å². The van der Waals surface area contributed by atoms with Crippen molar-refractivity contribution < 1.29 is 50.9 Å². The SMILES string of the molecule is O=C(O)C(F)(F)F.O=C(O)C(F)(F)F.O=C(c1ccccn1)N(Cc1ccccn1)c1cccc(Cl)c1. The number of aromatic nitrogens is 2. The maximum absolute atomic E-state index is 12.9. The summed E-state index contributed by atoms with van der Waals surface area (Å²) in [7, 11) is 0. The Morgan fingerprint density at radius 3 is 1.70 bits per heavy atom. The number of pyridine rings is 2. The predicted molar refractivity (Wildman–Crippen MR) is 118 cm³/mol. The topological polar surface area (TPSA) is 121 Å². The first-order chi connectivity index (χ1) is 17.1. The highest BCUT2D eigenvalue weighted by molar-refractivity contribution is 6.31. The van der Waals surface area contributed by atoms with Gasteiger partial charge in [-0.15, -0.1) is 0 Å². The van der Waals surface area contributed by atoms with Gasteiger partial charge < -0.3 is 15.1 Å². The number of hydrogen-bond donors (Lipinski definition) is 2. The molecule has 2 N–H and O–H groups in total. The van der Waals surface area contributed by atoms with E-state index in [9.17, 15) is 31.1 Å². The second-order valence-corrected chi connectivity index (χ2v) is 6.95. The number of halogens is 7. The molecule has 0 spiro atoms. The monoisotopic (exact) mass is 551 g/mol. The van der Waals surface area contributed by atoms with Crippen molar-refractivity contribution in [3.05, 3.63) is 89.5 Å². The summed E-state index contributed by atoms with van der Waals surface area (Å²) in [5, 5.41) is 14.8. The highest BCUT2D eigenvalue weighted by Crippen LogP contribution is 2.23. The Hall–Kier alpha value is -4.20. The number of carboxylic acid groups (broad SMARTS) is 2. The van der Waals surface area contributed by atoms with E-state index in [1.54, 1.807) is 47.6 Å². The molecule has 0 aliphatic heterocycles. The number of carboxylic acids is 2. The third-order valence-corrected chi connectivity index (χ3v) is 4.02. The molecule has 0 radical (unpaired) electrons. The number of hydrogen-bond acceptors (Lipinski definition) is 5. The van der Waals surface area contributed by atoms with Gasteiger partial charge in [-0.3, -0.25) is 14.8 Å². The molecule has 0 saturated heterocycles. The van der Waals surface area contributed by atoms with E-state index in [0.717, 1.165) is 5.69 Å². The van der Waals surface area contributed by atoms with Crippen LogP contribution in [0, 0.1) is 0 Å². The summed E-state index contributed by atoms with van der Waals surface area (Å²) >= 11 is 6.07. The molecule has 2 aromatic heterocycles. The van der Waals surface area contributed by atoms with Gasteiger partial charge in [0, 0.05) is 23.1 Å². The fraction of sp³-hybridized carbons (Fsp3) is 0.136. The molecule has 2 heterocycles. The van der Waals surface area contributed by atoms with Crippen molar-refractivity contribution in [2.75, 3.05) is 4.90 Å². The van der Waals surface area contributed by atoms with Crippen LogP contribution in [0.3, 0.4) is 0 Å². The number of benzene rings is 1. The van der Waals surface area contributed by atoms with E-state index in [4.69, 9.17) is 31.4 Å². The fourth-order valence-corrected chi connectivity index (χ4v) is 2.39. The smallest absolute Gasteiger partial charge is 0.475 e. The lowest BCUT2D eigenvalue weighted by atomic mass is 10.2. The molecule has 1 amide bonds. The van der Waals surface area contributed by atoms with Crippen LogP contribution in [-0.4, -0.2) is 50.4 Å². The molecule has 0 saturated carbocycles. The van der Waals surface area contributed by atoms with Gasteiger partial charge in [-0.25, -0.2) is 9.59 Å². The van der Waals surface area contributed by atoms with Crippen molar-refractivity contribution in [3.63, 3.8) is 0 Å². The normalized spacial score (nSPS) is 10.7. The lowest BCUT2D eigenvalue weighted by Gasteiger charge is -2.22. The molecule has 0 bridgehead atoms. The van der Waals surface area contributed by atoms with Crippen LogP contribution in [0.4, 0.5) is 32.0 Å². The van der Waals surface area contributed by atoms with Gasteiger partial charge in [-0.2, -0.15) is 26.3 Å². The molecule has 0 atom stereocenters. The second kappa shape index (κ2) is 13.8. The zero-order valence-corrected chi connectivity index (χ0v) is 19.0. The van der Waals surface area contributed by atoms with E-state index in [2.05, 4.69) is 9.97 Å². The molecule has 1 aromatic carbocycles. The Balaban J connectivity index is 0.000000404. The number of rotatable bonds is 4. The Labute approximate surface area is 209 Å². The third-order valence-electron chi connectivity index (χ3n) is 3.78. The lowest BCUT2D eigenvalue weighted by molar-refractivity contribution is -0.193. The summed E-state index contributed by atoms with van der Waals surface area (Å²) in [6, 6.07) is 18.1. The molecule has 37 heavy (non-hydrogen) atoms. The van der Waals surface area contributed by atoms with E-state index in [1.807, 2.05) is 30.3 Å². The minimum Gasteiger partial charge on any atom is -0.475 e. The van der Waals surface area contributed by atoms with Crippen molar-refractivity contribution in [3.8, 4) is 0 Å². The summed E-state index contributed by atoms with van der Waals surface area (Å²) in [5.74, 6) is -5.71. The average Bonchev–Trinajstić information content (AvgIpc) is 2.83. The van der Waals surface area contributed by atoms with Crippen LogP contribution in [0.25, 0.3) is 0 Å². The first kappa shape index (κ1) is 30.8. The largest absolute Gasteiger partial charge is 0.490 e. The first-order valence-electron chi connectivity index (χ1n) is 9.61. The number of aliphatic carboxylic acids is 2. The van der Waals surface area contributed by atoms with Gasteiger partial charge >= 0.3 is 24.3 Å². The summed E-state index contributed by atoms with van der Waals surface area (Å²) in [5.41, 5.74) is 1.87. The van der Waals surface area contributed by atoms with Crippen LogP contribution in [-0.2, 0) is 16.1 Å². The molecular formula is C22H16ClF6N3O5. The van der Waals surface area contributed by atoms with Gasteiger partial charge in [-0.05, 0) is 42.5 Å². The number of amides is 1. The molecule has 0 aliphatic carbocycles. The Bertz CT molecular complexity index is 1150. The van der Waals surface area contributed by atoms with Crippen molar-refractivity contribution in [1.29, 1.82) is 0 Å². The Morgan fingerprint density at radius 1 is 0.784 bits per heavy atom. The van der Waals surface area contributed by atoms with Crippen LogP contribution >= 0.6 is 11.6 Å². The van der Waals surface area contributed by atoms with E-state index in [0.29, 0.717) is 22.9 Å². The average molecular weight is 552 g/mol. The number of carbonyl (C=O) groups excluding carboxylic acids is 1. The van der Waals surface area contributed by atoms with Crippen molar-refractivity contribution in [2.24, 2.45) is 0 Å². The fourth-order valence-electron chi connectivity index (χ4n) is 2.21. The van der Waals surface area contributed by atoms with Crippen LogP contribution in [0.5, 0.6) is 0 Å². The van der Waals surface area contributed by atoms with E-state index < -0.39 is 24.3 Å². The van der Waals surface area contributed by atoms with Crippen molar-refractivity contribution >= 4 is 35.1 Å². The van der Waals surface area contributed by atoms with E-state index in [1.165, 1.54) is 0 Å². The highest BCUT2D eigenvalue weighted by atomic mass is 35.5. The van der Waals surface area contributed by atoms with Gasteiger partial charge in [0.05, 0.1) is 12.2 Å². The molecule has 0 aliphatic rings. The summed E-state index contributed by atoms with van der Waals surface area (Å²) in [6.45, 7) is 0.344. The molecule has 3 rings (SSSR count). The molecule has 198 valence electrons. The summed E-state index contributed by atoms with van der Waals surface area (Å²) in [4.78, 5) is 40.7. The second-order valence-electron chi connectivity index (χ2n) is 6.51. The third kappa shape index (κ3) is 11.4. The number of alkyl halides is 6. The molecule has 15 heteroatoms. The summed E-state index contributed by atoms with van der Waals surface area (Å²) < 4.78 is 63.5. The number of nitrogens with zero attached hydrogens (tertiary/aromatic N) is 3. The molecule has 8 nitrogen and oxygen atoms in total. The standard InChI is InChI=1S/C18H14ClN3O.2C2HF3O2/c19-14-6-5-8-16(12-14)22(13-15-7-1-3-10-20-15)18(23)17-9-2-4-11-21-17;2*3-2(4,5)1(6)7/h1-12H,13H2;2*(H,6,7). The van der Waals surface area contributed by atoms with Crippen LogP contribution < -0.4 is 4.90 Å². The van der Waals surface area contributed by atoms with Crippen molar-refractivity contribution in [2.45, 2.75) is 18.9 Å². The van der Waals surface area contributed by atoms with E-state index >= 15 is 0 Å². The molecule has 0 fully saturated rings. The molecule has 3 aromatic rings. The maximum atomic E-state index is 12.9.